The maximum absolute atomic E-state index is 13.0. The topological polar surface area (TPSA) is 107 Å². The Balaban J connectivity index is 1.62. The minimum absolute atomic E-state index is 0.0512. The molecule has 2 aliphatic rings. The van der Waals surface area contributed by atoms with Gasteiger partial charge in [-0.3, -0.25) is 29.5 Å². The zero-order chi connectivity index (χ0) is 22.1. The molecule has 2 aromatic rings. The summed E-state index contributed by atoms with van der Waals surface area (Å²) in [5.41, 5.74) is 4.20. The van der Waals surface area contributed by atoms with Crippen molar-refractivity contribution in [2.24, 2.45) is 0 Å². The van der Waals surface area contributed by atoms with Gasteiger partial charge in [0.1, 0.15) is 6.54 Å². The van der Waals surface area contributed by atoms with Crippen molar-refractivity contribution in [2.75, 3.05) is 11.4 Å². The van der Waals surface area contributed by atoms with E-state index in [4.69, 9.17) is 17.3 Å². The number of hydrogen-bond donors (Lipinski definition) is 2. The van der Waals surface area contributed by atoms with Crippen molar-refractivity contribution in [3.63, 3.8) is 0 Å². The molecule has 2 N–H and O–H groups in total. The van der Waals surface area contributed by atoms with Gasteiger partial charge in [-0.1, -0.05) is 60.3 Å². The Hall–Kier alpha value is -3.50. The van der Waals surface area contributed by atoms with Gasteiger partial charge in [-0.15, -0.1) is 0 Å². The van der Waals surface area contributed by atoms with Crippen LogP contribution in [0.5, 0.6) is 0 Å². The number of rotatable bonds is 5. The van der Waals surface area contributed by atoms with Crippen LogP contribution >= 0.6 is 24.0 Å². The highest BCUT2D eigenvalue weighted by Crippen LogP contribution is 2.44. The van der Waals surface area contributed by atoms with E-state index in [0.29, 0.717) is 11.3 Å². The molecule has 1 fully saturated rings. The Kier molecular flexibility index (Phi) is 5.57. The summed E-state index contributed by atoms with van der Waals surface area (Å²) in [7, 11) is 0. The molecule has 0 aliphatic carbocycles. The lowest BCUT2D eigenvalue weighted by Gasteiger charge is -2.15. The average molecular weight is 454 g/mol. The van der Waals surface area contributed by atoms with Crippen LogP contribution in [0.4, 0.5) is 5.69 Å². The monoisotopic (exact) mass is 453 g/mol. The molecule has 0 saturated carbocycles. The third-order valence-electron chi connectivity index (χ3n) is 4.66. The van der Waals surface area contributed by atoms with Crippen LogP contribution < -0.4 is 10.3 Å². The van der Waals surface area contributed by atoms with Crippen LogP contribution in [0.2, 0.25) is 0 Å². The summed E-state index contributed by atoms with van der Waals surface area (Å²) in [5, 5.41) is 10.1. The molecule has 156 valence electrons. The summed E-state index contributed by atoms with van der Waals surface area (Å²) >= 11 is 6.14. The van der Waals surface area contributed by atoms with Crippen molar-refractivity contribution in [3.8, 4) is 0 Å². The number of carboxylic acid groups (broad SMARTS) is 1. The molecule has 0 unspecified atom stereocenters. The van der Waals surface area contributed by atoms with Gasteiger partial charge in [0, 0.05) is 5.56 Å². The van der Waals surface area contributed by atoms with E-state index in [9.17, 15) is 19.2 Å². The molecule has 8 nitrogen and oxygen atoms in total. The second-order valence-corrected chi connectivity index (χ2v) is 8.36. The number of carbonyl (C=O) groups is 4. The minimum Gasteiger partial charge on any atom is -0.480 e. The molecule has 2 aromatic carbocycles. The van der Waals surface area contributed by atoms with E-state index < -0.39 is 30.2 Å². The van der Waals surface area contributed by atoms with E-state index in [-0.39, 0.29) is 21.2 Å². The molecule has 10 heteroatoms. The van der Waals surface area contributed by atoms with Crippen LogP contribution in [-0.4, -0.2) is 44.7 Å². The number of fused-ring (bicyclic) bond motifs is 1. The van der Waals surface area contributed by atoms with Crippen molar-refractivity contribution >= 4 is 63.3 Å². The smallest absolute Gasteiger partial charge is 0.323 e. The molecule has 0 aromatic heterocycles. The summed E-state index contributed by atoms with van der Waals surface area (Å²) in [6, 6.07) is 15.7. The van der Waals surface area contributed by atoms with Gasteiger partial charge in [0.25, 0.3) is 11.8 Å². The van der Waals surface area contributed by atoms with Gasteiger partial charge in [-0.05, 0) is 23.8 Å². The maximum atomic E-state index is 13.0. The van der Waals surface area contributed by atoms with Crippen molar-refractivity contribution < 1.29 is 24.3 Å². The molecular formula is C21H15N3O5S2. The molecular weight excluding hydrogens is 438 g/mol. The number of anilines is 1. The van der Waals surface area contributed by atoms with Crippen LogP contribution in [0.3, 0.4) is 0 Å². The Morgan fingerprint density at radius 3 is 2.39 bits per heavy atom. The van der Waals surface area contributed by atoms with E-state index in [1.807, 2.05) is 6.07 Å². The molecule has 2 aliphatic heterocycles. The normalized spacial score (nSPS) is 17.9. The van der Waals surface area contributed by atoms with Crippen LogP contribution in [0, 0.1) is 0 Å². The number of benzene rings is 2. The third-order valence-corrected chi connectivity index (χ3v) is 6.03. The second kappa shape index (κ2) is 8.32. The predicted octanol–water partition coefficient (Wildman–Crippen LogP) is 1.96. The third kappa shape index (κ3) is 3.94. The number of hydrogen-bond acceptors (Lipinski definition) is 6. The number of thiocarbonyl (C=S) groups is 1. The van der Waals surface area contributed by atoms with Crippen molar-refractivity contribution in [3.05, 3.63) is 70.6 Å². The van der Waals surface area contributed by atoms with Gasteiger partial charge in [0.05, 0.1) is 22.6 Å². The fourth-order valence-electron chi connectivity index (χ4n) is 3.35. The number of amides is 3. The van der Waals surface area contributed by atoms with Crippen molar-refractivity contribution in [2.45, 2.75) is 6.42 Å². The second-order valence-electron chi connectivity index (χ2n) is 6.71. The molecule has 0 spiro atoms. The van der Waals surface area contributed by atoms with E-state index in [1.54, 1.807) is 48.5 Å². The van der Waals surface area contributed by atoms with Crippen LogP contribution in [0.15, 0.2) is 59.5 Å². The Labute approximate surface area is 186 Å². The number of thioether (sulfide) groups is 1. The lowest BCUT2D eigenvalue weighted by atomic mass is 10.1. The summed E-state index contributed by atoms with van der Waals surface area (Å²) in [4.78, 5) is 50.8. The molecule has 3 amide bonds. The molecule has 1 saturated heterocycles. The van der Waals surface area contributed by atoms with E-state index in [1.165, 1.54) is 0 Å². The summed E-state index contributed by atoms with van der Waals surface area (Å²) < 4.78 is 0.0795. The van der Waals surface area contributed by atoms with Crippen LogP contribution in [-0.2, 0) is 25.6 Å². The fraction of sp³-hybridized carbons (Fsp3) is 0.0952. The molecule has 31 heavy (non-hydrogen) atoms. The van der Waals surface area contributed by atoms with E-state index in [0.717, 1.165) is 27.2 Å². The first-order valence-electron chi connectivity index (χ1n) is 9.14. The first-order chi connectivity index (χ1) is 14.9. The maximum Gasteiger partial charge on any atom is 0.323 e. The highest BCUT2D eigenvalue weighted by molar-refractivity contribution is 8.26. The van der Waals surface area contributed by atoms with E-state index >= 15 is 0 Å². The number of para-hydroxylation sites is 1. The number of aliphatic carboxylic acids is 1. The zero-order valence-corrected chi connectivity index (χ0v) is 17.5. The van der Waals surface area contributed by atoms with Crippen molar-refractivity contribution in [1.29, 1.82) is 0 Å². The fourth-order valence-corrected chi connectivity index (χ4v) is 4.60. The lowest BCUT2D eigenvalue weighted by molar-refractivity contribution is -0.136. The van der Waals surface area contributed by atoms with Crippen LogP contribution in [0.25, 0.3) is 5.57 Å². The molecule has 2 heterocycles. The van der Waals surface area contributed by atoms with Gasteiger partial charge in [0.15, 0.2) is 4.32 Å². The standard InChI is InChI=1S/C21H15N3O5S2/c25-15(10-12-6-2-1-3-7-12)22-24-20(29)18(31-21(24)30)17-13-8-4-5-9-14(13)23(19(17)28)11-16(26)27/h1-9H,10-11H2,(H,22,25)(H,26,27)/b18-17-. The molecule has 4 rings (SSSR count). The predicted molar refractivity (Wildman–Crippen MR) is 119 cm³/mol. The lowest BCUT2D eigenvalue weighted by Crippen LogP contribution is -2.45. The number of nitrogens with zero attached hydrogens (tertiary/aromatic N) is 2. The highest BCUT2D eigenvalue weighted by Gasteiger charge is 2.43. The van der Waals surface area contributed by atoms with Crippen molar-refractivity contribution in [1.82, 2.24) is 10.4 Å². The number of carbonyl (C=O) groups excluding carboxylic acids is 3. The average Bonchev–Trinajstić information content (AvgIpc) is 3.16. The SMILES string of the molecule is O=C(O)CN1C(=O)/C(=C2\SC(=S)N(NC(=O)Cc3ccccc3)C2=O)c2ccccc21. The van der Waals surface area contributed by atoms with E-state index in [2.05, 4.69) is 5.43 Å². The summed E-state index contributed by atoms with van der Waals surface area (Å²) in [5.74, 6) is -2.84. The summed E-state index contributed by atoms with van der Waals surface area (Å²) in [6.45, 7) is -0.534. The molecule has 0 radical (unpaired) electrons. The number of hydrazine groups is 1. The van der Waals surface area contributed by atoms with Gasteiger partial charge in [0.2, 0.25) is 5.91 Å². The summed E-state index contributed by atoms with van der Waals surface area (Å²) in [6.07, 6.45) is 0.0535. The quantitative estimate of drug-likeness (QED) is 0.526. The first-order valence-corrected chi connectivity index (χ1v) is 10.4. The van der Waals surface area contributed by atoms with Gasteiger partial charge < -0.3 is 5.11 Å². The van der Waals surface area contributed by atoms with Gasteiger partial charge >= 0.3 is 5.97 Å². The Morgan fingerprint density at radius 2 is 1.68 bits per heavy atom. The highest BCUT2D eigenvalue weighted by atomic mass is 32.2. The van der Waals surface area contributed by atoms with Gasteiger partial charge in [-0.25, -0.2) is 0 Å². The minimum atomic E-state index is -1.18. The first kappa shape index (κ1) is 20.8. The number of carboxylic acids is 1. The molecule has 0 atom stereocenters. The zero-order valence-electron chi connectivity index (χ0n) is 15.9. The Bertz CT molecular complexity index is 1160. The van der Waals surface area contributed by atoms with Gasteiger partial charge in [-0.2, -0.15) is 5.01 Å². The largest absolute Gasteiger partial charge is 0.480 e. The molecule has 0 bridgehead atoms. The number of nitrogens with one attached hydrogen (secondary N) is 1. The Morgan fingerprint density at radius 1 is 1.00 bits per heavy atom. The van der Waals surface area contributed by atoms with Crippen LogP contribution in [0.1, 0.15) is 11.1 Å².